The summed E-state index contributed by atoms with van der Waals surface area (Å²) in [5.41, 5.74) is 7.11. The van der Waals surface area contributed by atoms with Gasteiger partial charge in [0.1, 0.15) is 0 Å². The Hall–Kier alpha value is -3.47. The molecule has 0 aliphatic carbocycles. The van der Waals surface area contributed by atoms with E-state index in [0.29, 0.717) is 5.92 Å². The van der Waals surface area contributed by atoms with Crippen LogP contribution in [0.25, 0.3) is 32.8 Å². The smallest absolute Gasteiger partial charge is 0.0988 e. The van der Waals surface area contributed by atoms with Crippen molar-refractivity contribution in [1.82, 2.24) is 19.9 Å². The van der Waals surface area contributed by atoms with E-state index in [1.165, 1.54) is 5.56 Å². The van der Waals surface area contributed by atoms with Crippen molar-refractivity contribution >= 4 is 44.2 Å². The average molecular weight is 353 g/mol. The third kappa shape index (κ3) is 2.59. The zero-order valence-electron chi connectivity index (χ0n) is 15.2. The molecule has 0 saturated carbocycles. The van der Waals surface area contributed by atoms with Gasteiger partial charge >= 0.3 is 0 Å². The van der Waals surface area contributed by atoms with Gasteiger partial charge in [0, 0.05) is 28.9 Å². The molecule has 0 unspecified atom stereocenters. The molecule has 0 bridgehead atoms. The van der Waals surface area contributed by atoms with E-state index in [4.69, 9.17) is 4.98 Å². The first kappa shape index (κ1) is 15.8. The predicted molar refractivity (Wildman–Crippen MR) is 111 cm³/mol. The Morgan fingerprint density at radius 1 is 0.889 bits per heavy atom. The van der Waals surface area contributed by atoms with Crippen molar-refractivity contribution < 1.29 is 0 Å². The van der Waals surface area contributed by atoms with Crippen molar-refractivity contribution in [3.8, 4) is 0 Å². The van der Waals surface area contributed by atoms with E-state index >= 15 is 0 Å². The zero-order valence-corrected chi connectivity index (χ0v) is 15.2. The summed E-state index contributed by atoms with van der Waals surface area (Å²) in [6.45, 7) is 4.40. The van der Waals surface area contributed by atoms with Gasteiger partial charge in [-0.25, -0.2) is 4.98 Å². The number of nitrogens with zero attached hydrogens (tertiary/aromatic N) is 3. The molecule has 1 aromatic carbocycles. The molecule has 5 heteroatoms. The second kappa shape index (κ2) is 6.06. The Morgan fingerprint density at radius 2 is 1.63 bits per heavy atom. The minimum Gasteiger partial charge on any atom is -0.353 e. The first-order valence-corrected chi connectivity index (χ1v) is 9.07. The normalized spacial score (nSPS) is 11.7. The second-order valence-electron chi connectivity index (χ2n) is 7.05. The van der Waals surface area contributed by atoms with Gasteiger partial charge in [0.25, 0.3) is 0 Å². The molecule has 0 fully saturated rings. The summed E-state index contributed by atoms with van der Waals surface area (Å²) in [4.78, 5) is 16.8. The van der Waals surface area contributed by atoms with Crippen LogP contribution in [0.15, 0.2) is 61.2 Å². The van der Waals surface area contributed by atoms with Crippen LogP contribution < -0.4 is 5.32 Å². The molecular weight excluding hydrogens is 334 g/mol. The summed E-state index contributed by atoms with van der Waals surface area (Å²) in [7, 11) is 0. The Balaban J connectivity index is 1.75. The summed E-state index contributed by atoms with van der Waals surface area (Å²) in [6, 6.07) is 12.6. The minimum absolute atomic E-state index is 0.514. The highest BCUT2D eigenvalue weighted by Crippen LogP contribution is 2.35. The lowest BCUT2D eigenvalue weighted by Gasteiger charge is -2.12. The van der Waals surface area contributed by atoms with Crippen molar-refractivity contribution in [3.05, 3.63) is 66.7 Å². The molecule has 27 heavy (non-hydrogen) atoms. The molecule has 0 aliphatic rings. The zero-order chi connectivity index (χ0) is 18.4. The number of H-pyrrole nitrogens is 1. The van der Waals surface area contributed by atoms with Crippen molar-refractivity contribution in [1.29, 1.82) is 0 Å². The third-order valence-corrected chi connectivity index (χ3v) is 4.97. The number of aromatic amines is 1. The SMILES string of the molecule is CC(C)c1ccc(Nc2c3ccncc3nc3c2[nH]c2cnccc23)cc1. The molecule has 4 aromatic heterocycles. The lowest BCUT2D eigenvalue weighted by molar-refractivity contribution is 0.867. The number of anilines is 2. The van der Waals surface area contributed by atoms with E-state index < -0.39 is 0 Å². The molecule has 0 atom stereocenters. The quantitative estimate of drug-likeness (QED) is 0.448. The number of fused-ring (bicyclic) bond motifs is 4. The molecule has 0 radical (unpaired) electrons. The minimum atomic E-state index is 0.514. The van der Waals surface area contributed by atoms with Gasteiger partial charge in [0.15, 0.2) is 0 Å². The summed E-state index contributed by atoms with van der Waals surface area (Å²) in [6.07, 6.45) is 7.23. The Labute approximate surface area is 156 Å². The first-order valence-electron chi connectivity index (χ1n) is 9.07. The van der Waals surface area contributed by atoms with Crippen LogP contribution in [0.5, 0.6) is 0 Å². The van der Waals surface area contributed by atoms with E-state index in [1.54, 1.807) is 12.4 Å². The van der Waals surface area contributed by atoms with E-state index in [1.807, 2.05) is 24.5 Å². The number of nitrogens with one attached hydrogen (secondary N) is 2. The van der Waals surface area contributed by atoms with Crippen molar-refractivity contribution in [2.45, 2.75) is 19.8 Å². The molecule has 0 saturated heterocycles. The van der Waals surface area contributed by atoms with E-state index in [-0.39, 0.29) is 0 Å². The van der Waals surface area contributed by atoms with Crippen LogP contribution in [0.2, 0.25) is 0 Å². The molecule has 0 amide bonds. The first-order chi connectivity index (χ1) is 13.2. The summed E-state index contributed by atoms with van der Waals surface area (Å²) >= 11 is 0. The molecule has 0 spiro atoms. The fraction of sp³-hybridized carbons (Fsp3) is 0.136. The van der Waals surface area contributed by atoms with Crippen LogP contribution in [-0.2, 0) is 0 Å². The van der Waals surface area contributed by atoms with Gasteiger partial charge in [0.05, 0.1) is 40.1 Å². The topological polar surface area (TPSA) is 66.5 Å². The number of hydrogen-bond acceptors (Lipinski definition) is 4. The van der Waals surface area contributed by atoms with Crippen LogP contribution in [0.3, 0.4) is 0 Å². The van der Waals surface area contributed by atoms with Crippen molar-refractivity contribution in [2.24, 2.45) is 0 Å². The summed E-state index contributed by atoms with van der Waals surface area (Å²) in [5, 5.41) is 5.69. The van der Waals surface area contributed by atoms with Crippen LogP contribution >= 0.6 is 0 Å². The highest BCUT2D eigenvalue weighted by molar-refractivity contribution is 6.15. The molecule has 132 valence electrons. The van der Waals surface area contributed by atoms with Crippen LogP contribution in [0.1, 0.15) is 25.3 Å². The van der Waals surface area contributed by atoms with Gasteiger partial charge in [-0.15, -0.1) is 0 Å². The van der Waals surface area contributed by atoms with Crippen molar-refractivity contribution in [2.75, 3.05) is 5.32 Å². The number of hydrogen-bond donors (Lipinski definition) is 2. The predicted octanol–water partition coefficient (Wildman–Crippen LogP) is 5.53. The number of pyridine rings is 3. The number of benzene rings is 1. The number of rotatable bonds is 3. The molecule has 5 aromatic rings. The Kier molecular flexibility index (Phi) is 3.53. The number of aromatic nitrogens is 4. The molecule has 5 rings (SSSR count). The standard InChI is InChI=1S/C22H19N5/c1-13(2)14-3-5-15(6-4-14)25-20-16-7-9-23-11-18(16)26-21-17-8-10-24-12-19(17)27-22(20)21/h3-13,27H,1-2H3,(H,25,26). The summed E-state index contributed by atoms with van der Waals surface area (Å²) in [5.74, 6) is 0.514. The van der Waals surface area contributed by atoms with Crippen molar-refractivity contribution in [3.63, 3.8) is 0 Å². The fourth-order valence-electron chi connectivity index (χ4n) is 3.49. The third-order valence-electron chi connectivity index (χ3n) is 4.97. The van der Waals surface area contributed by atoms with Gasteiger partial charge in [-0.3, -0.25) is 9.97 Å². The Bertz CT molecular complexity index is 1270. The largest absolute Gasteiger partial charge is 0.353 e. The van der Waals surface area contributed by atoms with E-state index in [2.05, 4.69) is 58.4 Å². The summed E-state index contributed by atoms with van der Waals surface area (Å²) < 4.78 is 0. The average Bonchev–Trinajstić information content (AvgIpc) is 3.07. The lowest BCUT2D eigenvalue weighted by Crippen LogP contribution is -1.96. The van der Waals surface area contributed by atoms with Gasteiger partial charge in [0.2, 0.25) is 0 Å². The lowest BCUT2D eigenvalue weighted by atomic mass is 10.0. The highest BCUT2D eigenvalue weighted by atomic mass is 14.9. The van der Waals surface area contributed by atoms with Gasteiger partial charge in [-0.05, 0) is 35.7 Å². The van der Waals surface area contributed by atoms with E-state index in [0.717, 1.165) is 44.2 Å². The van der Waals surface area contributed by atoms with E-state index in [9.17, 15) is 0 Å². The maximum absolute atomic E-state index is 4.84. The molecule has 4 heterocycles. The maximum Gasteiger partial charge on any atom is 0.0988 e. The van der Waals surface area contributed by atoms with Crippen LogP contribution in [-0.4, -0.2) is 19.9 Å². The van der Waals surface area contributed by atoms with Gasteiger partial charge in [-0.2, -0.15) is 0 Å². The van der Waals surface area contributed by atoms with Gasteiger partial charge in [-0.1, -0.05) is 26.0 Å². The second-order valence-corrected chi connectivity index (χ2v) is 7.05. The Morgan fingerprint density at radius 3 is 2.41 bits per heavy atom. The molecule has 5 nitrogen and oxygen atoms in total. The van der Waals surface area contributed by atoms with Crippen LogP contribution in [0.4, 0.5) is 11.4 Å². The van der Waals surface area contributed by atoms with Crippen LogP contribution in [0, 0.1) is 0 Å². The molecular formula is C22H19N5. The molecule has 0 aliphatic heterocycles. The molecule has 2 N–H and O–H groups in total. The maximum atomic E-state index is 4.84. The highest BCUT2D eigenvalue weighted by Gasteiger charge is 2.14. The van der Waals surface area contributed by atoms with Gasteiger partial charge < -0.3 is 10.3 Å². The fourth-order valence-corrected chi connectivity index (χ4v) is 3.49. The monoisotopic (exact) mass is 353 g/mol.